The standard InChI is InChI=1S/C18H23N2O7P/c1-18(2)17(25-8-9-26-28(22,23)24)16(20-7-3-4-15(20)21)13-10-12(11-19)5-6-14(13)27-18/h5-6,10,16-17H,3-4,7-9H2,1-2H3,(H2,22,23,24)/p-2/t16-,17-/m1/s1. The van der Waals surface area contributed by atoms with Gasteiger partial charge in [-0.05, 0) is 38.5 Å². The van der Waals surface area contributed by atoms with Gasteiger partial charge in [0.15, 0.2) is 0 Å². The van der Waals surface area contributed by atoms with E-state index in [4.69, 9.17) is 9.47 Å². The molecule has 0 aliphatic carbocycles. The molecule has 28 heavy (non-hydrogen) atoms. The number of nitriles is 1. The van der Waals surface area contributed by atoms with Crippen molar-refractivity contribution in [2.75, 3.05) is 19.8 Å². The fourth-order valence-electron chi connectivity index (χ4n) is 3.74. The maximum Gasteiger partial charge on any atom is 0.223 e. The number of nitrogens with zero attached hydrogens (tertiary/aromatic N) is 2. The summed E-state index contributed by atoms with van der Waals surface area (Å²) in [5, 5.41) is 9.26. The molecule has 0 bridgehead atoms. The van der Waals surface area contributed by atoms with Gasteiger partial charge in [0.25, 0.3) is 0 Å². The molecular weight excluding hydrogens is 387 g/mol. The van der Waals surface area contributed by atoms with Crippen LogP contribution in [0.4, 0.5) is 0 Å². The van der Waals surface area contributed by atoms with Gasteiger partial charge in [0, 0.05) is 18.5 Å². The molecule has 2 aliphatic heterocycles. The first-order chi connectivity index (χ1) is 13.1. The highest BCUT2D eigenvalue weighted by Gasteiger charge is 2.49. The second-order valence-corrected chi connectivity index (χ2v) is 8.43. The quantitative estimate of drug-likeness (QED) is 0.494. The fraction of sp³-hybridized carbons (Fsp3) is 0.556. The Labute approximate surface area is 163 Å². The molecule has 9 nitrogen and oxygen atoms in total. The van der Waals surface area contributed by atoms with Crippen molar-refractivity contribution in [2.45, 2.75) is 44.4 Å². The lowest BCUT2D eigenvalue weighted by molar-refractivity contribution is -0.342. The minimum atomic E-state index is -5.09. The zero-order valence-corrected chi connectivity index (χ0v) is 16.5. The largest absolute Gasteiger partial charge is 0.790 e. The molecule has 2 aliphatic rings. The summed E-state index contributed by atoms with van der Waals surface area (Å²) in [6.45, 7) is 3.56. The smallest absolute Gasteiger partial charge is 0.223 e. The van der Waals surface area contributed by atoms with Crippen LogP contribution in [0.25, 0.3) is 0 Å². The molecule has 1 aromatic rings. The summed E-state index contributed by atoms with van der Waals surface area (Å²) in [4.78, 5) is 35.5. The zero-order valence-electron chi connectivity index (χ0n) is 15.6. The average Bonchev–Trinajstić information content (AvgIpc) is 3.02. The van der Waals surface area contributed by atoms with Crippen LogP contribution < -0.4 is 14.5 Å². The number of carbonyl (C=O) groups is 1. The topological polar surface area (TPSA) is 135 Å². The lowest BCUT2D eigenvalue weighted by Gasteiger charge is -2.47. The van der Waals surface area contributed by atoms with E-state index >= 15 is 0 Å². The Hall–Kier alpha value is -1.95. The summed E-state index contributed by atoms with van der Waals surface area (Å²) in [5.74, 6) is 0.540. The third kappa shape index (κ3) is 4.37. The van der Waals surface area contributed by atoms with Crippen LogP contribution >= 0.6 is 7.82 Å². The van der Waals surface area contributed by atoms with E-state index in [1.54, 1.807) is 36.9 Å². The minimum absolute atomic E-state index is 0.0236. The summed E-state index contributed by atoms with van der Waals surface area (Å²) >= 11 is 0. The van der Waals surface area contributed by atoms with Gasteiger partial charge >= 0.3 is 0 Å². The Morgan fingerprint density at radius 1 is 1.39 bits per heavy atom. The first kappa shape index (κ1) is 20.8. The number of hydrogen-bond donors (Lipinski definition) is 0. The molecule has 1 aromatic carbocycles. The molecule has 0 N–H and O–H groups in total. The maximum absolute atomic E-state index is 12.5. The molecule has 0 unspecified atom stereocenters. The molecule has 10 heteroatoms. The van der Waals surface area contributed by atoms with E-state index in [1.165, 1.54) is 0 Å². The SMILES string of the molecule is CC1(C)Oc2ccc(C#N)cc2[C@@H](N2CCCC2=O)[C@H]1OCCOP(=O)([O-])[O-]. The number of amides is 1. The normalized spacial score (nSPS) is 23.8. The van der Waals surface area contributed by atoms with Crippen LogP contribution in [0.15, 0.2) is 18.2 Å². The van der Waals surface area contributed by atoms with Gasteiger partial charge in [-0.2, -0.15) is 5.26 Å². The first-order valence-corrected chi connectivity index (χ1v) is 10.4. The van der Waals surface area contributed by atoms with Crippen LogP contribution in [0.1, 0.15) is 43.9 Å². The highest BCUT2D eigenvalue weighted by molar-refractivity contribution is 7.43. The second-order valence-electron chi connectivity index (χ2n) is 7.28. The average molecular weight is 408 g/mol. The monoisotopic (exact) mass is 408 g/mol. The van der Waals surface area contributed by atoms with E-state index in [0.29, 0.717) is 29.8 Å². The molecule has 2 atom stereocenters. The van der Waals surface area contributed by atoms with E-state index < -0.39 is 32.2 Å². The summed E-state index contributed by atoms with van der Waals surface area (Å²) in [6.07, 6.45) is 0.489. The highest BCUT2D eigenvalue weighted by Crippen LogP contribution is 2.45. The van der Waals surface area contributed by atoms with Crippen molar-refractivity contribution in [3.63, 3.8) is 0 Å². The summed E-state index contributed by atoms with van der Waals surface area (Å²) in [7, 11) is -5.09. The summed E-state index contributed by atoms with van der Waals surface area (Å²) in [5.41, 5.74) is 0.241. The lowest BCUT2D eigenvalue weighted by atomic mass is 9.84. The maximum atomic E-state index is 12.5. The molecule has 0 spiro atoms. The molecule has 2 heterocycles. The minimum Gasteiger partial charge on any atom is -0.790 e. The number of phosphoric acid groups is 1. The van der Waals surface area contributed by atoms with E-state index in [9.17, 15) is 24.4 Å². The van der Waals surface area contributed by atoms with Crippen molar-refractivity contribution in [3.05, 3.63) is 29.3 Å². The van der Waals surface area contributed by atoms with Gasteiger partial charge in [0.2, 0.25) is 5.91 Å². The predicted molar refractivity (Wildman–Crippen MR) is 92.9 cm³/mol. The number of hydrogen-bond acceptors (Lipinski definition) is 8. The molecule has 1 fully saturated rings. The second kappa shape index (κ2) is 7.82. The molecule has 0 radical (unpaired) electrons. The zero-order chi connectivity index (χ0) is 20.5. The van der Waals surface area contributed by atoms with E-state index in [1.807, 2.05) is 0 Å². The lowest BCUT2D eigenvalue weighted by Crippen LogP contribution is -2.55. The van der Waals surface area contributed by atoms with Crippen molar-refractivity contribution >= 4 is 13.7 Å². The van der Waals surface area contributed by atoms with Crippen molar-refractivity contribution in [1.29, 1.82) is 5.26 Å². The number of phosphoric ester groups is 1. The third-order valence-electron chi connectivity index (χ3n) is 4.88. The van der Waals surface area contributed by atoms with Crippen LogP contribution in [0, 0.1) is 11.3 Å². The van der Waals surface area contributed by atoms with Gasteiger partial charge in [-0.25, -0.2) is 0 Å². The number of fused-ring (bicyclic) bond motifs is 1. The summed E-state index contributed by atoms with van der Waals surface area (Å²) in [6, 6.07) is 6.60. The fourth-order valence-corrected chi connectivity index (χ4v) is 4.04. The third-order valence-corrected chi connectivity index (χ3v) is 5.38. The van der Waals surface area contributed by atoms with Crippen LogP contribution in [-0.4, -0.2) is 42.3 Å². The molecular formula is C18H21N2O7P-2. The van der Waals surface area contributed by atoms with Crippen LogP contribution in [0.5, 0.6) is 5.75 Å². The molecule has 152 valence electrons. The van der Waals surface area contributed by atoms with E-state index in [-0.39, 0.29) is 12.5 Å². The van der Waals surface area contributed by atoms with Gasteiger partial charge in [0.1, 0.15) is 17.5 Å². The van der Waals surface area contributed by atoms with Gasteiger partial charge in [-0.15, -0.1) is 0 Å². The number of carbonyl (C=O) groups excluding carboxylic acids is 1. The van der Waals surface area contributed by atoms with E-state index in [2.05, 4.69) is 10.6 Å². The van der Waals surface area contributed by atoms with Gasteiger partial charge in [-0.3, -0.25) is 4.79 Å². The Balaban J connectivity index is 1.93. The Morgan fingerprint density at radius 3 is 2.75 bits per heavy atom. The van der Waals surface area contributed by atoms with Crippen molar-refractivity contribution in [3.8, 4) is 11.8 Å². The van der Waals surface area contributed by atoms with Crippen LogP contribution in [0.2, 0.25) is 0 Å². The van der Waals surface area contributed by atoms with Gasteiger partial charge < -0.3 is 33.2 Å². The van der Waals surface area contributed by atoms with Crippen molar-refractivity contribution < 1.29 is 33.1 Å². The molecule has 1 amide bonds. The van der Waals surface area contributed by atoms with Crippen molar-refractivity contribution in [2.24, 2.45) is 0 Å². The number of ether oxygens (including phenoxy) is 2. The predicted octanol–water partition coefficient (Wildman–Crippen LogP) is 0.623. The molecule has 0 aromatic heterocycles. The number of likely N-dealkylation sites (tertiary alicyclic amines) is 1. The Kier molecular flexibility index (Phi) is 5.80. The number of benzene rings is 1. The van der Waals surface area contributed by atoms with Gasteiger partial charge in [0.05, 0.1) is 38.7 Å². The van der Waals surface area contributed by atoms with Crippen molar-refractivity contribution in [1.82, 2.24) is 4.90 Å². The van der Waals surface area contributed by atoms with Gasteiger partial charge in [-0.1, -0.05) is 0 Å². The molecule has 0 saturated carbocycles. The van der Waals surface area contributed by atoms with Crippen LogP contribution in [0.3, 0.4) is 0 Å². The highest BCUT2D eigenvalue weighted by atomic mass is 31.2. The molecule has 3 rings (SSSR count). The Bertz CT molecular complexity index is 845. The van der Waals surface area contributed by atoms with E-state index in [0.717, 1.165) is 6.42 Å². The summed E-state index contributed by atoms with van der Waals surface area (Å²) < 4.78 is 26.8. The Morgan fingerprint density at radius 2 is 2.14 bits per heavy atom. The van der Waals surface area contributed by atoms with Crippen LogP contribution in [-0.2, 0) is 18.6 Å². The number of rotatable bonds is 6. The molecule has 1 saturated heterocycles. The first-order valence-electron chi connectivity index (χ1n) is 8.93.